The number of hydrogen-bond donors (Lipinski definition) is 3. The van der Waals surface area contributed by atoms with E-state index >= 15 is 0 Å². The van der Waals surface area contributed by atoms with E-state index in [0.717, 1.165) is 18.4 Å². The Morgan fingerprint density at radius 3 is 2.77 bits per heavy atom. The van der Waals surface area contributed by atoms with Crippen LogP contribution in [0.15, 0.2) is 53.8 Å². The Bertz CT molecular complexity index is 790. The number of rotatable bonds is 6. The molecule has 3 rings (SSSR count). The first-order valence-electron chi connectivity index (χ1n) is 8.52. The van der Waals surface area contributed by atoms with E-state index < -0.39 is 0 Å². The molecule has 2 aromatic rings. The van der Waals surface area contributed by atoms with Crippen molar-refractivity contribution >= 4 is 17.6 Å². The third-order valence-electron chi connectivity index (χ3n) is 4.47. The number of amides is 1. The van der Waals surface area contributed by atoms with Crippen molar-refractivity contribution in [3.63, 3.8) is 0 Å². The molecule has 6 nitrogen and oxygen atoms in total. The number of hydrogen-bond acceptors (Lipinski definition) is 3. The lowest BCUT2D eigenvalue weighted by Gasteiger charge is -2.19. The topological polar surface area (TPSA) is 78.4 Å². The van der Waals surface area contributed by atoms with Gasteiger partial charge < -0.3 is 16.0 Å². The van der Waals surface area contributed by atoms with E-state index in [1.54, 1.807) is 43.7 Å². The van der Waals surface area contributed by atoms with Crippen LogP contribution in [0.3, 0.4) is 0 Å². The van der Waals surface area contributed by atoms with Gasteiger partial charge in [0.05, 0.1) is 18.4 Å². The summed E-state index contributed by atoms with van der Waals surface area (Å²) in [6.07, 6.45) is 5.23. The third-order valence-corrected chi connectivity index (χ3v) is 4.47. The molecule has 136 valence electrons. The largest absolute Gasteiger partial charge is 0.356 e. The summed E-state index contributed by atoms with van der Waals surface area (Å²) in [5.41, 5.74) is 1.58. The zero-order valence-corrected chi connectivity index (χ0v) is 14.6. The van der Waals surface area contributed by atoms with Crippen LogP contribution in [-0.2, 0) is 10.2 Å². The van der Waals surface area contributed by atoms with Gasteiger partial charge in [0.25, 0.3) is 0 Å². The second-order valence-electron chi connectivity index (χ2n) is 6.36. The summed E-state index contributed by atoms with van der Waals surface area (Å²) in [5.74, 6) is 0.129. The van der Waals surface area contributed by atoms with Gasteiger partial charge >= 0.3 is 0 Å². The average Bonchev–Trinajstić information content (AvgIpc) is 3.44. The van der Waals surface area contributed by atoms with Crippen molar-refractivity contribution in [1.29, 1.82) is 0 Å². The van der Waals surface area contributed by atoms with Gasteiger partial charge in [-0.1, -0.05) is 12.1 Å². The predicted molar refractivity (Wildman–Crippen MR) is 99.5 cm³/mol. The number of guanidine groups is 1. The lowest BCUT2D eigenvalue weighted by Crippen LogP contribution is -2.44. The Morgan fingerprint density at radius 2 is 2.12 bits per heavy atom. The highest BCUT2D eigenvalue weighted by Crippen LogP contribution is 2.47. The molecule has 0 unspecified atom stereocenters. The normalized spacial score (nSPS) is 15.2. The second kappa shape index (κ2) is 7.95. The van der Waals surface area contributed by atoms with E-state index in [1.807, 2.05) is 6.07 Å². The number of benzene rings is 1. The molecule has 0 bridgehead atoms. The Kier molecular flexibility index (Phi) is 5.46. The molecule has 0 aliphatic heterocycles. The van der Waals surface area contributed by atoms with Crippen molar-refractivity contribution in [2.45, 2.75) is 18.3 Å². The van der Waals surface area contributed by atoms with E-state index in [1.165, 1.54) is 6.07 Å². The van der Waals surface area contributed by atoms with E-state index in [-0.39, 0.29) is 23.7 Å². The summed E-state index contributed by atoms with van der Waals surface area (Å²) in [5, 5.41) is 8.97. The Hall–Kier alpha value is -2.96. The van der Waals surface area contributed by atoms with Crippen LogP contribution in [0.4, 0.5) is 10.1 Å². The molecular formula is C19H22FN5O. The van der Waals surface area contributed by atoms with E-state index in [2.05, 4.69) is 25.9 Å². The molecular weight excluding hydrogens is 333 g/mol. The Balaban J connectivity index is 1.49. The number of nitrogens with zero attached hydrogens (tertiary/aromatic N) is 2. The summed E-state index contributed by atoms with van der Waals surface area (Å²) in [4.78, 5) is 20.1. The summed E-state index contributed by atoms with van der Waals surface area (Å²) in [6.45, 7) is 0.724. The van der Waals surface area contributed by atoms with E-state index in [9.17, 15) is 9.18 Å². The second-order valence-corrected chi connectivity index (χ2v) is 6.36. The van der Waals surface area contributed by atoms with Crippen LogP contribution >= 0.6 is 0 Å². The Morgan fingerprint density at radius 1 is 1.27 bits per heavy atom. The van der Waals surface area contributed by atoms with E-state index in [4.69, 9.17) is 0 Å². The quantitative estimate of drug-likeness (QED) is 0.547. The fraction of sp³-hybridized carbons (Fsp3) is 0.316. The van der Waals surface area contributed by atoms with Crippen LogP contribution in [0, 0.1) is 5.82 Å². The first kappa shape index (κ1) is 17.8. The van der Waals surface area contributed by atoms with Gasteiger partial charge in [0.15, 0.2) is 5.96 Å². The summed E-state index contributed by atoms with van der Waals surface area (Å²) < 4.78 is 13.5. The minimum Gasteiger partial charge on any atom is -0.356 e. The van der Waals surface area contributed by atoms with Crippen molar-refractivity contribution in [2.24, 2.45) is 4.99 Å². The highest BCUT2D eigenvalue weighted by molar-refractivity contribution is 5.94. The van der Waals surface area contributed by atoms with Crippen molar-refractivity contribution in [1.82, 2.24) is 15.6 Å². The standard InChI is InChI=1S/C19H22FN5O/c1-21-18(23-12-17(26)25-16-6-3-9-22-11-16)24-13-19(7-8-19)14-4-2-5-15(20)10-14/h2-6,9-11H,7-8,12-13H2,1H3,(H,25,26)(H2,21,23,24). The molecule has 3 N–H and O–H groups in total. The maximum absolute atomic E-state index is 13.5. The van der Waals surface area contributed by atoms with Crippen molar-refractivity contribution in [3.8, 4) is 0 Å². The number of carbonyl (C=O) groups excluding carboxylic acids is 1. The van der Waals surface area contributed by atoms with Gasteiger partial charge in [-0.2, -0.15) is 0 Å². The number of halogens is 1. The van der Waals surface area contributed by atoms with Gasteiger partial charge in [0, 0.05) is 25.2 Å². The first-order chi connectivity index (χ1) is 12.6. The number of aromatic nitrogens is 1. The van der Waals surface area contributed by atoms with Gasteiger partial charge in [-0.05, 0) is 42.7 Å². The van der Waals surface area contributed by atoms with Crippen LogP contribution in [0.25, 0.3) is 0 Å². The molecule has 0 radical (unpaired) electrons. The number of pyridine rings is 1. The molecule has 1 saturated carbocycles. The number of nitrogens with one attached hydrogen (secondary N) is 3. The molecule has 1 fully saturated rings. The molecule has 1 aliphatic rings. The number of anilines is 1. The number of carbonyl (C=O) groups is 1. The molecule has 1 aliphatic carbocycles. The van der Waals surface area contributed by atoms with Gasteiger partial charge in [-0.15, -0.1) is 0 Å². The minimum absolute atomic E-state index is 0.0579. The molecule has 1 heterocycles. The van der Waals surface area contributed by atoms with Gasteiger partial charge in [-0.25, -0.2) is 4.39 Å². The lowest BCUT2D eigenvalue weighted by molar-refractivity contribution is -0.115. The maximum atomic E-state index is 13.5. The summed E-state index contributed by atoms with van der Waals surface area (Å²) >= 11 is 0. The number of aliphatic imine (C=N–C) groups is 1. The molecule has 0 spiro atoms. The van der Waals surface area contributed by atoms with Gasteiger partial charge in [0.2, 0.25) is 5.91 Å². The highest BCUT2D eigenvalue weighted by atomic mass is 19.1. The van der Waals surface area contributed by atoms with Crippen LogP contribution in [0.5, 0.6) is 0 Å². The fourth-order valence-electron chi connectivity index (χ4n) is 2.82. The van der Waals surface area contributed by atoms with Crippen LogP contribution in [0.2, 0.25) is 0 Å². The van der Waals surface area contributed by atoms with Crippen LogP contribution < -0.4 is 16.0 Å². The fourth-order valence-corrected chi connectivity index (χ4v) is 2.82. The lowest BCUT2D eigenvalue weighted by atomic mass is 9.96. The van der Waals surface area contributed by atoms with E-state index in [0.29, 0.717) is 18.2 Å². The molecule has 26 heavy (non-hydrogen) atoms. The molecule has 7 heteroatoms. The van der Waals surface area contributed by atoms with Gasteiger partial charge in [-0.3, -0.25) is 14.8 Å². The molecule has 1 aromatic carbocycles. The molecule has 0 saturated heterocycles. The van der Waals surface area contributed by atoms with Crippen LogP contribution in [-0.4, -0.2) is 37.0 Å². The maximum Gasteiger partial charge on any atom is 0.243 e. The zero-order valence-electron chi connectivity index (χ0n) is 14.6. The summed E-state index contributed by atoms with van der Waals surface area (Å²) in [6, 6.07) is 10.3. The van der Waals surface area contributed by atoms with Crippen molar-refractivity contribution in [2.75, 3.05) is 25.5 Å². The molecule has 0 atom stereocenters. The van der Waals surface area contributed by atoms with Crippen molar-refractivity contribution in [3.05, 3.63) is 60.2 Å². The SMILES string of the molecule is CN=C(NCC(=O)Nc1cccnc1)NCC1(c2cccc(F)c2)CC1. The van der Waals surface area contributed by atoms with Crippen molar-refractivity contribution < 1.29 is 9.18 Å². The zero-order chi connectivity index (χ0) is 18.4. The van der Waals surface area contributed by atoms with Gasteiger partial charge in [0.1, 0.15) is 5.82 Å². The monoisotopic (exact) mass is 355 g/mol. The van der Waals surface area contributed by atoms with Crippen LogP contribution in [0.1, 0.15) is 18.4 Å². The minimum atomic E-state index is -0.219. The molecule has 1 aromatic heterocycles. The highest BCUT2D eigenvalue weighted by Gasteiger charge is 2.44. The average molecular weight is 355 g/mol. The first-order valence-corrected chi connectivity index (χ1v) is 8.52. The smallest absolute Gasteiger partial charge is 0.243 e. The predicted octanol–water partition coefficient (Wildman–Crippen LogP) is 2.06. The third kappa shape index (κ3) is 4.56. The summed E-state index contributed by atoms with van der Waals surface area (Å²) in [7, 11) is 1.65. The Labute approximate surface area is 151 Å². The molecule has 1 amide bonds.